The van der Waals surface area contributed by atoms with Gasteiger partial charge in [0.2, 0.25) is 5.88 Å². The van der Waals surface area contributed by atoms with Gasteiger partial charge in [-0.15, -0.1) is 0 Å². The van der Waals surface area contributed by atoms with Crippen LogP contribution in [0.15, 0.2) is 24.3 Å². The van der Waals surface area contributed by atoms with Crippen molar-refractivity contribution in [3.63, 3.8) is 0 Å². The number of thiazole rings is 1. The summed E-state index contributed by atoms with van der Waals surface area (Å²) in [5.41, 5.74) is 1.02. The van der Waals surface area contributed by atoms with Crippen molar-refractivity contribution in [3.8, 4) is 5.88 Å². The van der Waals surface area contributed by atoms with Gasteiger partial charge in [0.25, 0.3) is 0 Å². The average molecular weight is 269 g/mol. The molecule has 0 amide bonds. The Bertz CT molecular complexity index is 507. The third kappa shape index (κ3) is 2.70. The summed E-state index contributed by atoms with van der Waals surface area (Å²) >= 11 is 7.54. The van der Waals surface area contributed by atoms with E-state index in [2.05, 4.69) is 10.3 Å². The van der Waals surface area contributed by atoms with Crippen molar-refractivity contribution in [1.29, 1.82) is 0 Å². The van der Waals surface area contributed by atoms with E-state index in [0.29, 0.717) is 5.13 Å². The third-order valence-electron chi connectivity index (χ3n) is 2.48. The Labute approximate surface area is 109 Å². The number of halogens is 1. The van der Waals surface area contributed by atoms with Crippen LogP contribution in [-0.4, -0.2) is 10.1 Å². The van der Waals surface area contributed by atoms with Crippen LogP contribution in [-0.2, 0) is 0 Å². The number of nitrogens with one attached hydrogen (secondary N) is 1. The minimum atomic E-state index is 0.0497. The molecule has 17 heavy (non-hydrogen) atoms. The summed E-state index contributed by atoms with van der Waals surface area (Å²) in [6.07, 6.45) is 0. The quantitative estimate of drug-likeness (QED) is 0.885. The zero-order valence-electron chi connectivity index (χ0n) is 9.57. The maximum Gasteiger partial charge on any atom is 0.226 e. The van der Waals surface area contributed by atoms with Crippen molar-refractivity contribution >= 4 is 28.1 Å². The van der Waals surface area contributed by atoms with Crippen molar-refractivity contribution < 1.29 is 5.11 Å². The zero-order valence-corrected chi connectivity index (χ0v) is 11.1. The lowest BCUT2D eigenvalue weighted by Crippen LogP contribution is -2.06. The van der Waals surface area contributed by atoms with E-state index in [0.717, 1.165) is 15.5 Å². The Morgan fingerprint density at radius 1 is 1.41 bits per heavy atom. The second-order valence-electron chi connectivity index (χ2n) is 3.79. The SMILES string of the molecule is Cc1sc(N[C@@H](C)c2ccccc2Cl)nc1O. The Balaban J connectivity index is 2.17. The first kappa shape index (κ1) is 12.2. The van der Waals surface area contributed by atoms with Crippen molar-refractivity contribution in [2.24, 2.45) is 0 Å². The molecule has 2 rings (SSSR count). The number of hydrogen-bond acceptors (Lipinski definition) is 4. The molecule has 0 aliphatic heterocycles. The van der Waals surface area contributed by atoms with E-state index in [-0.39, 0.29) is 11.9 Å². The van der Waals surface area contributed by atoms with Crippen molar-refractivity contribution in [2.75, 3.05) is 5.32 Å². The molecule has 3 nitrogen and oxygen atoms in total. The second-order valence-corrected chi connectivity index (χ2v) is 5.40. The summed E-state index contributed by atoms with van der Waals surface area (Å²) in [7, 11) is 0. The van der Waals surface area contributed by atoms with E-state index >= 15 is 0 Å². The van der Waals surface area contributed by atoms with Crippen molar-refractivity contribution in [3.05, 3.63) is 39.7 Å². The predicted octanol–water partition coefficient (Wildman–Crippen LogP) is 3.98. The van der Waals surface area contributed by atoms with E-state index in [1.807, 2.05) is 38.1 Å². The lowest BCUT2D eigenvalue weighted by atomic mass is 10.1. The lowest BCUT2D eigenvalue weighted by Gasteiger charge is -2.14. The minimum Gasteiger partial charge on any atom is -0.492 e. The molecule has 0 radical (unpaired) electrons. The number of benzene rings is 1. The number of anilines is 1. The Kier molecular flexibility index (Phi) is 3.54. The fourth-order valence-corrected chi connectivity index (χ4v) is 2.63. The van der Waals surface area contributed by atoms with E-state index in [4.69, 9.17) is 11.6 Å². The molecular weight excluding hydrogens is 256 g/mol. The first-order valence-electron chi connectivity index (χ1n) is 5.25. The fourth-order valence-electron chi connectivity index (χ4n) is 1.54. The highest BCUT2D eigenvalue weighted by molar-refractivity contribution is 7.15. The number of rotatable bonds is 3. The zero-order chi connectivity index (χ0) is 12.4. The van der Waals surface area contributed by atoms with Gasteiger partial charge in [0, 0.05) is 5.02 Å². The average Bonchev–Trinajstić information content (AvgIpc) is 2.58. The molecule has 1 aromatic heterocycles. The first-order valence-corrected chi connectivity index (χ1v) is 6.44. The molecule has 90 valence electrons. The molecule has 0 saturated carbocycles. The number of aromatic nitrogens is 1. The van der Waals surface area contributed by atoms with Crippen LogP contribution in [0.1, 0.15) is 23.4 Å². The third-order valence-corrected chi connectivity index (χ3v) is 3.72. The number of nitrogens with zero attached hydrogens (tertiary/aromatic N) is 1. The van der Waals surface area contributed by atoms with Crippen molar-refractivity contribution in [2.45, 2.75) is 19.9 Å². The van der Waals surface area contributed by atoms with Gasteiger partial charge in [0.1, 0.15) is 0 Å². The van der Waals surface area contributed by atoms with Crippen LogP contribution in [0.4, 0.5) is 5.13 Å². The highest BCUT2D eigenvalue weighted by Crippen LogP contribution is 2.31. The van der Waals surface area contributed by atoms with Gasteiger partial charge in [0.15, 0.2) is 5.13 Å². The van der Waals surface area contributed by atoms with Gasteiger partial charge in [-0.1, -0.05) is 41.1 Å². The van der Waals surface area contributed by atoms with E-state index < -0.39 is 0 Å². The van der Waals surface area contributed by atoms with Crippen LogP contribution in [0.5, 0.6) is 5.88 Å². The van der Waals surface area contributed by atoms with Crippen LogP contribution in [0.3, 0.4) is 0 Å². The Hall–Kier alpha value is -1.26. The van der Waals surface area contributed by atoms with Gasteiger partial charge in [0.05, 0.1) is 10.9 Å². The first-order chi connectivity index (χ1) is 8.08. The molecule has 0 bridgehead atoms. The monoisotopic (exact) mass is 268 g/mol. The summed E-state index contributed by atoms with van der Waals surface area (Å²) in [6.45, 7) is 3.84. The Morgan fingerprint density at radius 3 is 2.71 bits per heavy atom. The highest BCUT2D eigenvalue weighted by Gasteiger charge is 2.12. The van der Waals surface area contributed by atoms with Gasteiger partial charge in [-0.05, 0) is 25.5 Å². The predicted molar refractivity (Wildman–Crippen MR) is 72.0 cm³/mol. The van der Waals surface area contributed by atoms with E-state index in [1.54, 1.807) is 0 Å². The maximum absolute atomic E-state index is 9.41. The lowest BCUT2D eigenvalue weighted by molar-refractivity contribution is 0.454. The van der Waals surface area contributed by atoms with Crippen molar-refractivity contribution in [1.82, 2.24) is 4.98 Å². The summed E-state index contributed by atoms with van der Waals surface area (Å²) in [6, 6.07) is 7.73. The largest absolute Gasteiger partial charge is 0.492 e. The minimum absolute atomic E-state index is 0.0497. The second kappa shape index (κ2) is 4.94. The van der Waals surface area contributed by atoms with Gasteiger partial charge >= 0.3 is 0 Å². The van der Waals surface area contributed by atoms with Crippen LogP contribution in [0.2, 0.25) is 5.02 Å². The van der Waals surface area contributed by atoms with E-state index in [1.165, 1.54) is 11.3 Å². The molecule has 0 spiro atoms. The number of hydrogen-bond donors (Lipinski definition) is 2. The molecule has 0 saturated heterocycles. The van der Waals surface area contributed by atoms with E-state index in [9.17, 15) is 5.11 Å². The molecule has 5 heteroatoms. The van der Waals surface area contributed by atoms with Gasteiger partial charge < -0.3 is 10.4 Å². The molecule has 2 N–H and O–H groups in total. The molecule has 1 aromatic carbocycles. The van der Waals surface area contributed by atoms with Gasteiger partial charge in [-0.3, -0.25) is 0 Å². The van der Waals surface area contributed by atoms with Gasteiger partial charge in [-0.2, -0.15) is 4.98 Å². The summed E-state index contributed by atoms with van der Waals surface area (Å²) in [4.78, 5) is 4.83. The summed E-state index contributed by atoms with van der Waals surface area (Å²) in [5.74, 6) is 0.0869. The van der Waals surface area contributed by atoms with Crippen LogP contribution >= 0.6 is 22.9 Å². The fraction of sp³-hybridized carbons (Fsp3) is 0.250. The van der Waals surface area contributed by atoms with Crippen LogP contribution in [0, 0.1) is 6.92 Å². The molecule has 0 aliphatic rings. The smallest absolute Gasteiger partial charge is 0.226 e. The topological polar surface area (TPSA) is 45.2 Å². The number of aromatic hydroxyl groups is 1. The molecule has 1 atom stereocenters. The Morgan fingerprint density at radius 2 is 2.12 bits per heavy atom. The summed E-state index contributed by atoms with van der Waals surface area (Å²) in [5, 5.41) is 14.1. The van der Waals surface area contributed by atoms with Crippen LogP contribution in [0.25, 0.3) is 0 Å². The normalized spacial score (nSPS) is 12.4. The molecule has 2 aromatic rings. The van der Waals surface area contributed by atoms with Gasteiger partial charge in [-0.25, -0.2) is 0 Å². The summed E-state index contributed by atoms with van der Waals surface area (Å²) < 4.78 is 0. The molecular formula is C12H13ClN2OS. The van der Waals surface area contributed by atoms with Crippen LogP contribution < -0.4 is 5.32 Å². The standard InChI is InChI=1S/C12H13ClN2OS/c1-7(9-5-3-4-6-10(9)13)14-12-15-11(16)8(2)17-12/h3-7,16H,1-2H3,(H,14,15)/t7-/m0/s1. The molecule has 1 heterocycles. The molecule has 0 aliphatic carbocycles. The highest BCUT2D eigenvalue weighted by atomic mass is 35.5. The molecule has 0 fully saturated rings. The maximum atomic E-state index is 9.41. The molecule has 0 unspecified atom stereocenters. The number of aryl methyl sites for hydroxylation is 1.